The van der Waals surface area contributed by atoms with Gasteiger partial charge in [-0.3, -0.25) is 9.36 Å². The third kappa shape index (κ3) is 2.99. The second-order valence-electron chi connectivity index (χ2n) is 5.71. The Morgan fingerprint density at radius 2 is 1.92 bits per heavy atom. The average molecular weight is 368 g/mol. The number of aromatic nitrogens is 3. The number of thioether (sulfide) groups is 1. The van der Waals surface area contributed by atoms with Crippen molar-refractivity contribution in [1.82, 2.24) is 14.8 Å². The fourth-order valence-corrected chi connectivity index (χ4v) is 3.41. The van der Waals surface area contributed by atoms with Gasteiger partial charge in [-0.1, -0.05) is 30.0 Å². The number of carbonyl (C=O) groups is 1. The zero-order chi connectivity index (χ0) is 18.1. The number of para-hydroxylation sites is 1. The quantitative estimate of drug-likeness (QED) is 0.696. The summed E-state index contributed by atoms with van der Waals surface area (Å²) in [4.78, 5) is 11.5. The molecule has 2 N–H and O–H groups in total. The molecule has 0 saturated carbocycles. The Morgan fingerprint density at radius 3 is 2.69 bits per heavy atom. The third-order valence-corrected chi connectivity index (χ3v) is 5.02. The van der Waals surface area contributed by atoms with Gasteiger partial charge in [0.2, 0.25) is 12.7 Å². The lowest BCUT2D eigenvalue weighted by Gasteiger charge is -2.12. The van der Waals surface area contributed by atoms with E-state index in [1.54, 1.807) is 6.92 Å². The van der Waals surface area contributed by atoms with Crippen LogP contribution in [0.5, 0.6) is 11.5 Å². The van der Waals surface area contributed by atoms with Crippen LogP contribution in [-0.4, -0.2) is 32.7 Å². The Hall–Kier alpha value is -3.00. The molecule has 0 saturated heterocycles. The number of ether oxygens (including phenoxy) is 2. The van der Waals surface area contributed by atoms with Crippen LogP contribution in [0, 0.1) is 0 Å². The predicted octanol–water partition coefficient (Wildman–Crippen LogP) is 2.63. The van der Waals surface area contributed by atoms with Gasteiger partial charge in [0.15, 0.2) is 22.5 Å². The molecule has 1 atom stereocenters. The molecule has 0 aliphatic carbocycles. The average Bonchev–Trinajstić information content (AvgIpc) is 3.28. The molecule has 0 unspecified atom stereocenters. The Morgan fingerprint density at radius 1 is 1.15 bits per heavy atom. The van der Waals surface area contributed by atoms with E-state index in [-0.39, 0.29) is 6.79 Å². The molecule has 0 fully saturated rings. The van der Waals surface area contributed by atoms with Crippen LogP contribution in [0.3, 0.4) is 0 Å². The van der Waals surface area contributed by atoms with Crippen molar-refractivity contribution in [3.63, 3.8) is 0 Å². The fraction of sp³-hybridized carbons (Fsp3) is 0.167. The van der Waals surface area contributed by atoms with Crippen LogP contribution in [-0.2, 0) is 4.79 Å². The minimum atomic E-state index is -0.425. The van der Waals surface area contributed by atoms with Gasteiger partial charge in [-0.15, -0.1) is 10.2 Å². The van der Waals surface area contributed by atoms with Gasteiger partial charge in [0, 0.05) is 11.3 Å². The summed E-state index contributed by atoms with van der Waals surface area (Å²) in [6.07, 6.45) is 0. The van der Waals surface area contributed by atoms with Crippen LogP contribution in [0.2, 0.25) is 0 Å². The van der Waals surface area contributed by atoms with E-state index in [4.69, 9.17) is 15.2 Å². The van der Waals surface area contributed by atoms with Crippen LogP contribution >= 0.6 is 11.8 Å². The lowest BCUT2D eigenvalue weighted by molar-refractivity contribution is -0.117. The van der Waals surface area contributed by atoms with E-state index in [2.05, 4.69) is 10.2 Å². The summed E-state index contributed by atoms with van der Waals surface area (Å²) >= 11 is 1.27. The van der Waals surface area contributed by atoms with Gasteiger partial charge in [-0.05, 0) is 37.3 Å². The number of hydrogen-bond donors (Lipinski definition) is 1. The van der Waals surface area contributed by atoms with Gasteiger partial charge in [0.1, 0.15) is 0 Å². The predicted molar refractivity (Wildman–Crippen MR) is 97.4 cm³/mol. The molecule has 1 aliphatic heterocycles. The maximum atomic E-state index is 11.5. The summed E-state index contributed by atoms with van der Waals surface area (Å²) in [6.45, 7) is 1.96. The van der Waals surface area contributed by atoms with E-state index < -0.39 is 11.2 Å². The summed E-state index contributed by atoms with van der Waals surface area (Å²) in [5, 5.41) is 8.79. The van der Waals surface area contributed by atoms with E-state index >= 15 is 0 Å². The van der Waals surface area contributed by atoms with E-state index in [1.807, 2.05) is 53.1 Å². The van der Waals surface area contributed by atoms with Gasteiger partial charge >= 0.3 is 0 Å². The Bertz CT molecular complexity index is 958. The molecule has 26 heavy (non-hydrogen) atoms. The van der Waals surface area contributed by atoms with Crippen molar-refractivity contribution in [2.24, 2.45) is 5.73 Å². The normalized spacial score (nSPS) is 13.6. The minimum absolute atomic E-state index is 0.210. The van der Waals surface area contributed by atoms with E-state index in [9.17, 15) is 4.79 Å². The Labute approximate surface area is 154 Å². The maximum absolute atomic E-state index is 11.5. The summed E-state index contributed by atoms with van der Waals surface area (Å²) in [5.74, 6) is 1.62. The van der Waals surface area contributed by atoms with Gasteiger partial charge in [-0.2, -0.15) is 0 Å². The highest BCUT2D eigenvalue weighted by Crippen LogP contribution is 2.37. The lowest BCUT2D eigenvalue weighted by atomic mass is 10.2. The highest BCUT2D eigenvalue weighted by atomic mass is 32.2. The maximum Gasteiger partial charge on any atom is 0.231 e. The lowest BCUT2D eigenvalue weighted by Crippen LogP contribution is -2.23. The first-order valence-electron chi connectivity index (χ1n) is 8.00. The number of primary amides is 1. The van der Waals surface area contributed by atoms with Crippen molar-refractivity contribution >= 4 is 17.7 Å². The molecule has 2 aromatic carbocycles. The molecule has 1 aliphatic rings. The molecule has 0 bridgehead atoms. The van der Waals surface area contributed by atoms with Gasteiger partial charge in [0.05, 0.1) is 5.25 Å². The molecule has 0 radical (unpaired) electrons. The van der Waals surface area contributed by atoms with Crippen LogP contribution in [0.25, 0.3) is 17.1 Å². The Kier molecular flexibility index (Phi) is 4.26. The molecule has 3 aromatic rings. The SMILES string of the molecule is C[C@@H](Sc1nnc(-c2ccc3c(c2)OCO3)n1-c1ccccc1)C(N)=O. The minimum Gasteiger partial charge on any atom is -0.454 e. The first kappa shape index (κ1) is 16.5. The molecule has 2 heterocycles. The van der Waals surface area contributed by atoms with E-state index in [0.29, 0.717) is 22.5 Å². The highest BCUT2D eigenvalue weighted by molar-refractivity contribution is 8.00. The Balaban J connectivity index is 1.82. The monoisotopic (exact) mass is 368 g/mol. The van der Waals surface area contributed by atoms with Gasteiger partial charge in [-0.25, -0.2) is 0 Å². The van der Waals surface area contributed by atoms with E-state index in [0.717, 1.165) is 11.3 Å². The van der Waals surface area contributed by atoms with Crippen molar-refractivity contribution in [3.8, 4) is 28.6 Å². The first-order valence-corrected chi connectivity index (χ1v) is 8.88. The largest absolute Gasteiger partial charge is 0.454 e. The van der Waals surface area contributed by atoms with Gasteiger partial charge in [0.25, 0.3) is 0 Å². The molecule has 1 amide bonds. The molecule has 1 aromatic heterocycles. The second kappa shape index (κ2) is 6.72. The zero-order valence-electron chi connectivity index (χ0n) is 14.0. The van der Waals surface area contributed by atoms with Gasteiger partial charge < -0.3 is 15.2 Å². The van der Waals surface area contributed by atoms with Crippen molar-refractivity contribution in [2.75, 3.05) is 6.79 Å². The molecule has 8 heteroatoms. The molecule has 4 rings (SSSR count). The summed E-state index contributed by atoms with van der Waals surface area (Å²) < 4.78 is 12.7. The topological polar surface area (TPSA) is 92.3 Å². The standard InChI is InChI=1S/C18H16N4O3S/c1-11(16(19)23)26-18-21-20-17(22(18)13-5-3-2-4-6-13)12-7-8-14-15(9-12)25-10-24-14/h2-9,11H,10H2,1H3,(H2,19,23)/t11-/m1/s1. The highest BCUT2D eigenvalue weighted by Gasteiger charge is 2.22. The molecule has 0 spiro atoms. The fourth-order valence-electron chi connectivity index (χ4n) is 2.59. The smallest absolute Gasteiger partial charge is 0.231 e. The van der Waals surface area contributed by atoms with Crippen LogP contribution in [0.15, 0.2) is 53.7 Å². The number of fused-ring (bicyclic) bond motifs is 1. The molecular weight excluding hydrogens is 352 g/mol. The van der Waals surface area contributed by atoms with Crippen LogP contribution < -0.4 is 15.2 Å². The number of carbonyl (C=O) groups excluding carboxylic acids is 1. The van der Waals surface area contributed by atoms with Crippen molar-refractivity contribution in [3.05, 3.63) is 48.5 Å². The summed E-state index contributed by atoms with van der Waals surface area (Å²) in [7, 11) is 0. The molecule has 132 valence electrons. The van der Waals surface area contributed by atoms with E-state index in [1.165, 1.54) is 11.8 Å². The number of nitrogens with two attached hydrogens (primary N) is 1. The van der Waals surface area contributed by atoms with Crippen molar-refractivity contribution < 1.29 is 14.3 Å². The zero-order valence-corrected chi connectivity index (χ0v) is 14.8. The summed E-state index contributed by atoms with van der Waals surface area (Å²) in [6, 6.07) is 15.3. The third-order valence-electron chi connectivity index (χ3n) is 3.96. The van der Waals surface area contributed by atoms with Crippen molar-refractivity contribution in [2.45, 2.75) is 17.3 Å². The first-order chi connectivity index (χ1) is 12.6. The van der Waals surface area contributed by atoms with Crippen LogP contribution in [0.4, 0.5) is 0 Å². The number of benzene rings is 2. The summed E-state index contributed by atoms with van der Waals surface area (Å²) in [5.41, 5.74) is 7.13. The molecular formula is C18H16N4O3S. The number of nitrogens with zero attached hydrogens (tertiary/aromatic N) is 3. The number of hydrogen-bond acceptors (Lipinski definition) is 6. The number of amides is 1. The second-order valence-corrected chi connectivity index (χ2v) is 7.02. The van der Waals surface area contributed by atoms with Crippen LogP contribution in [0.1, 0.15) is 6.92 Å². The number of rotatable bonds is 5. The molecule has 7 nitrogen and oxygen atoms in total. The van der Waals surface area contributed by atoms with Crippen molar-refractivity contribution in [1.29, 1.82) is 0 Å².